The quantitative estimate of drug-likeness (QED) is 0.465. The Morgan fingerprint density at radius 3 is 3.17 bits per heavy atom. The molecule has 0 fully saturated rings. The zero-order valence-corrected chi connectivity index (χ0v) is 6.23. The van der Waals surface area contributed by atoms with Crippen molar-refractivity contribution in [2.24, 2.45) is 0 Å². The van der Waals surface area contributed by atoms with Gasteiger partial charge in [0.05, 0.1) is 16.2 Å². The van der Waals surface area contributed by atoms with E-state index in [2.05, 4.69) is 4.98 Å². The van der Waals surface area contributed by atoms with E-state index in [0.29, 0.717) is 12.0 Å². The van der Waals surface area contributed by atoms with Crippen LogP contribution in [0.3, 0.4) is 0 Å². The molecule has 1 aromatic rings. The Hall–Kier alpha value is -1.71. The van der Waals surface area contributed by atoms with Crippen LogP contribution in [-0.2, 0) is 6.42 Å². The van der Waals surface area contributed by atoms with E-state index in [4.69, 9.17) is 0 Å². The Kier molecular flexibility index (Phi) is 1.40. The van der Waals surface area contributed by atoms with Crippen molar-refractivity contribution in [1.29, 1.82) is 0 Å². The summed E-state index contributed by atoms with van der Waals surface area (Å²) >= 11 is 0. The van der Waals surface area contributed by atoms with Crippen LogP contribution >= 0.6 is 0 Å². The highest BCUT2D eigenvalue weighted by Gasteiger charge is 2.18. The molecule has 60 valence electrons. The highest BCUT2D eigenvalue weighted by molar-refractivity contribution is 5.66. The van der Waals surface area contributed by atoms with Crippen LogP contribution in [0.15, 0.2) is 18.3 Å². The number of nitrogens with zero attached hydrogens (tertiary/aromatic N) is 2. The van der Waals surface area contributed by atoms with Gasteiger partial charge in [0.2, 0.25) is 0 Å². The minimum absolute atomic E-state index is 0.147. The maximum Gasteiger partial charge on any atom is 0.279 e. The van der Waals surface area contributed by atoms with E-state index in [9.17, 15) is 10.1 Å². The summed E-state index contributed by atoms with van der Waals surface area (Å²) in [5, 5.41) is 10.5. The van der Waals surface area contributed by atoms with Crippen LogP contribution in [0.5, 0.6) is 0 Å². The third kappa shape index (κ3) is 0.887. The van der Waals surface area contributed by atoms with Gasteiger partial charge in [-0.3, -0.25) is 15.1 Å². The van der Waals surface area contributed by atoms with Gasteiger partial charge in [-0.2, -0.15) is 0 Å². The summed E-state index contributed by atoms with van der Waals surface area (Å²) in [4.78, 5) is 14.2. The van der Waals surface area contributed by atoms with Gasteiger partial charge in [-0.05, 0) is 6.08 Å². The predicted molar refractivity (Wildman–Crippen MR) is 43.6 cm³/mol. The van der Waals surface area contributed by atoms with Crippen molar-refractivity contribution < 1.29 is 4.92 Å². The summed E-state index contributed by atoms with van der Waals surface area (Å²) < 4.78 is 0. The van der Waals surface area contributed by atoms with Crippen LogP contribution in [0, 0.1) is 10.1 Å². The van der Waals surface area contributed by atoms with Gasteiger partial charge in [-0.25, -0.2) is 0 Å². The molecule has 4 heteroatoms. The molecule has 2 rings (SSSR count). The lowest BCUT2D eigenvalue weighted by Gasteiger charge is -1.97. The Morgan fingerprint density at radius 1 is 1.58 bits per heavy atom. The maximum absolute atomic E-state index is 10.5. The van der Waals surface area contributed by atoms with Crippen LogP contribution in [0.4, 0.5) is 5.69 Å². The number of pyridine rings is 1. The highest BCUT2D eigenvalue weighted by atomic mass is 16.6. The third-order valence-electron chi connectivity index (χ3n) is 1.84. The van der Waals surface area contributed by atoms with Crippen molar-refractivity contribution in [1.82, 2.24) is 4.98 Å². The number of fused-ring (bicyclic) bond motifs is 1. The molecule has 0 amide bonds. The molecule has 0 bridgehead atoms. The number of allylic oxidation sites excluding steroid dienone is 1. The number of rotatable bonds is 1. The Bertz CT molecular complexity index is 371. The van der Waals surface area contributed by atoms with Gasteiger partial charge in [0.1, 0.15) is 0 Å². The smallest absolute Gasteiger partial charge is 0.260 e. The first-order valence-corrected chi connectivity index (χ1v) is 3.58. The molecule has 0 spiro atoms. The predicted octanol–water partition coefficient (Wildman–Crippen LogP) is 1.56. The van der Waals surface area contributed by atoms with E-state index in [1.807, 2.05) is 6.08 Å². The lowest BCUT2D eigenvalue weighted by atomic mass is 10.2. The largest absolute Gasteiger partial charge is 0.279 e. The minimum Gasteiger partial charge on any atom is -0.260 e. The van der Waals surface area contributed by atoms with Crippen LogP contribution in [-0.4, -0.2) is 9.91 Å². The average Bonchev–Trinajstić information content (AvgIpc) is 2.49. The van der Waals surface area contributed by atoms with Crippen molar-refractivity contribution in [2.75, 3.05) is 0 Å². The van der Waals surface area contributed by atoms with Crippen molar-refractivity contribution in [3.63, 3.8) is 0 Å². The van der Waals surface area contributed by atoms with Crippen LogP contribution in [0.2, 0.25) is 0 Å². The van der Waals surface area contributed by atoms with E-state index >= 15 is 0 Å². The van der Waals surface area contributed by atoms with Gasteiger partial charge in [0, 0.05) is 18.7 Å². The van der Waals surface area contributed by atoms with Crippen molar-refractivity contribution in [3.05, 3.63) is 39.7 Å². The van der Waals surface area contributed by atoms with Crippen LogP contribution in [0.1, 0.15) is 11.3 Å². The molecule has 0 unspecified atom stereocenters. The van der Waals surface area contributed by atoms with Crippen molar-refractivity contribution in [2.45, 2.75) is 6.42 Å². The van der Waals surface area contributed by atoms with E-state index in [0.717, 1.165) is 5.69 Å². The first-order chi connectivity index (χ1) is 5.79. The molecule has 0 N–H and O–H groups in total. The lowest BCUT2D eigenvalue weighted by Crippen LogP contribution is -1.95. The molecule has 1 aliphatic rings. The van der Waals surface area contributed by atoms with Gasteiger partial charge in [0.15, 0.2) is 0 Å². The van der Waals surface area contributed by atoms with Gasteiger partial charge in [0.25, 0.3) is 5.69 Å². The molecule has 4 nitrogen and oxygen atoms in total. The first kappa shape index (κ1) is 6.97. The summed E-state index contributed by atoms with van der Waals surface area (Å²) in [5.41, 5.74) is 1.60. The fourth-order valence-electron chi connectivity index (χ4n) is 1.30. The standard InChI is InChI=1S/C8H6N2O2/c11-10(12)8-4-5-9-7-3-1-2-6(7)8/h1-2,4-5H,3H2. The molecular formula is C8H6N2O2. The molecule has 1 aromatic heterocycles. The molecule has 1 aliphatic carbocycles. The molecule has 0 aromatic carbocycles. The monoisotopic (exact) mass is 162 g/mol. The average molecular weight is 162 g/mol. The third-order valence-corrected chi connectivity index (χ3v) is 1.84. The fraction of sp³-hybridized carbons (Fsp3) is 0.125. The minimum atomic E-state index is -0.379. The van der Waals surface area contributed by atoms with E-state index in [1.165, 1.54) is 12.3 Å². The topological polar surface area (TPSA) is 56.0 Å². The molecule has 0 saturated heterocycles. The normalized spacial score (nSPS) is 13.0. The van der Waals surface area contributed by atoms with E-state index < -0.39 is 0 Å². The molecule has 0 aliphatic heterocycles. The molecule has 0 atom stereocenters. The SMILES string of the molecule is O=[N+]([O-])c1ccnc2c1C=CC2. The molecule has 0 saturated carbocycles. The first-order valence-electron chi connectivity index (χ1n) is 3.58. The van der Waals surface area contributed by atoms with Crippen molar-refractivity contribution >= 4 is 11.8 Å². The van der Waals surface area contributed by atoms with Gasteiger partial charge >= 0.3 is 0 Å². The number of aromatic nitrogens is 1. The van der Waals surface area contributed by atoms with Crippen molar-refractivity contribution in [3.8, 4) is 0 Å². The molecule has 12 heavy (non-hydrogen) atoms. The summed E-state index contributed by atoms with van der Waals surface area (Å²) in [5.74, 6) is 0. The number of nitro groups is 1. The second-order valence-electron chi connectivity index (χ2n) is 2.55. The lowest BCUT2D eigenvalue weighted by molar-refractivity contribution is -0.385. The maximum atomic E-state index is 10.5. The number of hydrogen-bond acceptors (Lipinski definition) is 3. The summed E-state index contributed by atoms with van der Waals surface area (Å²) in [7, 11) is 0. The Labute approximate surface area is 68.7 Å². The van der Waals surface area contributed by atoms with Crippen LogP contribution < -0.4 is 0 Å². The summed E-state index contributed by atoms with van der Waals surface area (Å²) in [6.07, 6.45) is 5.81. The van der Waals surface area contributed by atoms with E-state index in [-0.39, 0.29) is 10.6 Å². The molecule has 1 heterocycles. The fourth-order valence-corrected chi connectivity index (χ4v) is 1.30. The Balaban J connectivity index is 2.63. The summed E-state index contributed by atoms with van der Waals surface area (Å²) in [6.45, 7) is 0. The van der Waals surface area contributed by atoms with Crippen LogP contribution in [0.25, 0.3) is 6.08 Å². The summed E-state index contributed by atoms with van der Waals surface area (Å²) in [6, 6.07) is 1.43. The second kappa shape index (κ2) is 2.41. The molecular weight excluding hydrogens is 156 g/mol. The number of hydrogen-bond donors (Lipinski definition) is 0. The zero-order chi connectivity index (χ0) is 8.55. The van der Waals surface area contributed by atoms with Gasteiger partial charge < -0.3 is 0 Å². The zero-order valence-electron chi connectivity index (χ0n) is 6.23. The second-order valence-corrected chi connectivity index (χ2v) is 2.55. The van der Waals surface area contributed by atoms with E-state index in [1.54, 1.807) is 6.08 Å². The van der Waals surface area contributed by atoms with Gasteiger partial charge in [-0.15, -0.1) is 0 Å². The Morgan fingerprint density at radius 2 is 2.42 bits per heavy atom. The highest BCUT2D eigenvalue weighted by Crippen LogP contribution is 2.26. The molecule has 0 radical (unpaired) electrons. The van der Waals surface area contributed by atoms with Gasteiger partial charge in [-0.1, -0.05) is 6.08 Å².